The molecule has 2 fully saturated rings. The molecule has 3 aliphatic rings. The quantitative estimate of drug-likeness (QED) is 0.370. The van der Waals surface area contributed by atoms with Crippen LogP contribution in [0.5, 0.6) is 5.75 Å². The van der Waals surface area contributed by atoms with Gasteiger partial charge in [0.25, 0.3) is 5.91 Å². The number of amides is 1. The predicted octanol–water partition coefficient (Wildman–Crippen LogP) is 6.56. The van der Waals surface area contributed by atoms with Gasteiger partial charge in [0.05, 0.1) is 24.4 Å². The van der Waals surface area contributed by atoms with Crippen LogP contribution >= 0.6 is 0 Å². The fourth-order valence-electron chi connectivity index (χ4n) is 4.95. The molecule has 0 unspecified atom stereocenters. The molecule has 1 amide bonds. The standard InChI is InChI=1S/C31H43BFNO5Si/c1-29(2,3)40(8,9)37-19-22-23(32-38-30(4,5)31(6,7)39-32)11-10-12-25(22)34-15-16-36-26-18-21(20-13-14-20)17-24(33)27(26)28(34)35/h10-12,17-18,20H,13-16,19H2,1-9H3. The lowest BCUT2D eigenvalue weighted by atomic mass is 9.75. The summed E-state index contributed by atoms with van der Waals surface area (Å²) in [5, 5.41) is 0.0000445. The minimum Gasteiger partial charge on any atom is -0.491 e. The van der Waals surface area contributed by atoms with Crippen LogP contribution < -0.4 is 15.1 Å². The average molecular weight is 568 g/mol. The summed E-state index contributed by atoms with van der Waals surface area (Å²) in [6.07, 6.45) is 2.09. The Balaban J connectivity index is 1.58. The molecule has 1 aliphatic carbocycles. The first kappa shape index (κ1) is 29.3. The van der Waals surface area contributed by atoms with Crippen molar-refractivity contribution in [2.45, 2.75) is 103 Å². The number of hydrogen-bond donors (Lipinski definition) is 0. The summed E-state index contributed by atoms with van der Waals surface area (Å²) in [7, 11) is -2.79. The van der Waals surface area contributed by atoms with Gasteiger partial charge in [0.2, 0.25) is 0 Å². The number of anilines is 1. The van der Waals surface area contributed by atoms with E-state index in [1.165, 1.54) is 6.07 Å². The van der Waals surface area contributed by atoms with E-state index in [2.05, 4.69) is 33.9 Å². The third kappa shape index (κ3) is 5.26. The molecule has 0 N–H and O–H groups in total. The van der Waals surface area contributed by atoms with Gasteiger partial charge in [-0.1, -0.05) is 32.9 Å². The molecular formula is C31H43BFNO5Si. The molecule has 2 aromatic carbocycles. The van der Waals surface area contributed by atoms with Gasteiger partial charge in [0.1, 0.15) is 23.7 Å². The normalized spacial score (nSPS) is 20.8. The number of nitrogens with zero attached hydrogens (tertiary/aromatic N) is 1. The minimum absolute atomic E-state index is 0.0000445. The molecule has 0 radical (unpaired) electrons. The topological polar surface area (TPSA) is 57.2 Å². The van der Waals surface area contributed by atoms with Crippen LogP contribution in [0.15, 0.2) is 30.3 Å². The zero-order valence-corrected chi connectivity index (χ0v) is 26.4. The van der Waals surface area contributed by atoms with Crippen molar-refractivity contribution >= 4 is 32.5 Å². The molecule has 2 aliphatic heterocycles. The van der Waals surface area contributed by atoms with E-state index >= 15 is 4.39 Å². The van der Waals surface area contributed by atoms with Gasteiger partial charge in [-0.15, -0.1) is 0 Å². The summed E-state index contributed by atoms with van der Waals surface area (Å²) in [6.45, 7) is 19.9. The van der Waals surface area contributed by atoms with E-state index in [0.717, 1.165) is 29.4 Å². The molecule has 5 rings (SSSR count). The first-order valence-electron chi connectivity index (χ1n) is 14.4. The van der Waals surface area contributed by atoms with E-state index in [-0.39, 0.29) is 30.4 Å². The van der Waals surface area contributed by atoms with E-state index in [4.69, 9.17) is 18.5 Å². The SMILES string of the molecule is CC1(C)OB(c2cccc(N3CCOc4cc(C5CC5)cc(F)c4C3=O)c2CO[Si](C)(C)C(C)(C)C)OC1(C)C. The van der Waals surface area contributed by atoms with Crippen LogP contribution in [0.2, 0.25) is 18.1 Å². The number of fused-ring (bicyclic) bond motifs is 1. The largest absolute Gasteiger partial charge is 0.495 e. The van der Waals surface area contributed by atoms with Gasteiger partial charge >= 0.3 is 7.12 Å². The smallest absolute Gasteiger partial charge is 0.491 e. The van der Waals surface area contributed by atoms with Crippen molar-refractivity contribution in [2.24, 2.45) is 0 Å². The number of rotatable bonds is 6. The lowest BCUT2D eigenvalue weighted by molar-refractivity contribution is 0.00578. The lowest BCUT2D eigenvalue weighted by Gasteiger charge is -2.37. The Morgan fingerprint density at radius 2 is 1.75 bits per heavy atom. The maximum atomic E-state index is 15.5. The maximum absolute atomic E-state index is 15.5. The van der Waals surface area contributed by atoms with Gasteiger partial charge in [0, 0.05) is 11.3 Å². The number of ether oxygens (including phenoxy) is 1. The Labute approximate surface area is 239 Å². The Kier molecular flexibility index (Phi) is 7.30. The Morgan fingerprint density at radius 1 is 1.10 bits per heavy atom. The summed E-state index contributed by atoms with van der Waals surface area (Å²) in [4.78, 5) is 15.6. The van der Waals surface area contributed by atoms with Crippen molar-refractivity contribution in [2.75, 3.05) is 18.1 Å². The van der Waals surface area contributed by atoms with Crippen LogP contribution in [0.25, 0.3) is 0 Å². The monoisotopic (exact) mass is 567 g/mol. The molecule has 2 heterocycles. The fraction of sp³-hybridized carbons (Fsp3) is 0.581. The van der Waals surface area contributed by atoms with Gasteiger partial charge in [-0.3, -0.25) is 4.79 Å². The van der Waals surface area contributed by atoms with Gasteiger partial charge < -0.3 is 23.4 Å². The highest BCUT2D eigenvalue weighted by Crippen LogP contribution is 2.44. The predicted molar refractivity (Wildman–Crippen MR) is 160 cm³/mol. The number of carbonyl (C=O) groups is 1. The maximum Gasteiger partial charge on any atom is 0.495 e. The second kappa shape index (κ2) is 9.97. The van der Waals surface area contributed by atoms with Crippen molar-refractivity contribution in [3.8, 4) is 5.75 Å². The zero-order valence-electron chi connectivity index (χ0n) is 25.4. The number of halogens is 1. The third-order valence-electron chi connectivity index (χ3n) is 9.53. The molecule has 2 aromatic rings. The first-order chi connectivity index (χ1) is 18.5. The van der Waals surface area contributed by atoms with Crippen LogP contribution in [0.1, 0.15) is 88.7 Å². The molecular weight excluding hydrogens is 524 g/mol. The molecule has 0 aromatic heterocycles. The van der Waals surface area contributed by atoms with Gasteiger partial charge in [-0.2, -0.15) is 0 Å². The van der Waals surface area contributed by atoms with Crippen molar-refractivity contribution in [3.05, 3.63) is 52.8 Å². The molecule has 1 saturated carbocycles. The minimum atomic E-state index is -2.15. The molecule has 0 atom stereocenters. The van der Waals surface area contributed by atoms with Gasteiger partial charge in [0.15, 0.2) is 8.32 Å². The Morgan fingerprint density at radius 3 is 2.35 bits per heavy atom. The molecule has 216 valence electrons. The highest BCUT2D eigenvalue weighted by Gasteiger charge is 2.52. The Bertz CT molecular complexity index is 1300. The van der Waals surface area contributed by atoms with Crippen molar-refractivity contribution in [1.29, 1.82) is 0 Å². The number of hydrogen-bond acceptors (Lipinski definition) is 5. The van der Waals surface area contributed by atoms with Crippen molar-refractivity contribution in [1.82, 2.24) is 0 Å². The molecule has 6 nitrogen and oxygen atoms in total. The van der Waals surface area contributed by atoms with E-state index in [9.17, 15) is 4.79 Å². The summed E-state index contributed by atoms with van der Waals surface area (Å²) >= 11 is 0. The van der Waals surface area contributed by atoms with E-state index in [1.807, 2.05) is 52.0 Å². The second-order valence-electron chi connectivity index (χ2n) is 13.9. The van der Waals surface area contributed by atoms with Gasteiger partial charge in [-0.25, -0.2) is 4.39 Å². The molecule has 0 bridgehead atoms. The molecule has 9 heteroatoms. The van der Waals surface area contributed by atoms with E-state index in [1.54, 1.807) is 4.90 Å². The van der Waals surface area contributed by atoms with Crippen molar-refractivity contribution in [3.63, 3.8) is 0 Å². The zero-order chi connectivity index (χ0) is 29.3. The van der Waals surface area contributed by atoms with E-state index < -0.39 is 38.4 Å². The third-order valence-corrected chi connectivity index (χ3v) is 14.0. The molecule has 1 saturated heterocycles. The highest BCUT2D eigenvalue weighted by molar-refractivity contribution is 6.74. The summed E-state index contributed by atoms with van der Waals surface area (Å²) in [5.74, 6) is -0.256. The fourth-order valence-corrected chi connectivity index (χ4v) is 5.89. The van der Waals surface area contributed by atoms with Crippen LogP contribution in [-0.2, 0) is 20.3 Å². The van der Waals surface area contributed by atoms with Crippen LogP contribution in [0, 0.1) is 5.82 Å². The highest BCUT2D eigenvalue weighted by atomic mass is 28.4. The summed E-state index contributed by atoms with van der Waals surface area (Å²) in [6, 6.07) is 9.13. The summed E-state index contributed by atoms with van der Waals surface area (Å²) in [5.41, 5.74) is 2.13. The average Bonchev–Trinajstić information content (AvgIpc) is 3.66. The first-order valence-corrected chi connectivity index (χ1v) is 17.3. The van der Waals surface area contributed by atoms with E-state index in [0.29, 0.717) is 17.4 Å². The van der Waals surface area contributed by atoms with Crippen molar-refractivity contribution < 1.29 is 27.7 Å². The number of carbonyl (C=O) groups excluding carboxylic acids is 1. The second-order valence-corrected chi connectivity index (χ2v) is 18.7. The molecule has 40 heavy (non-hydrogen) atoms. The number of benzene rings is 2. The Hall–Kier alpha value is -2.20. The molecule has 0 spiro atoms. The van der Waals surface area contributed by atoms with Crippen LogP contribution in [-0.4, -0.2) is 45.7 Å². The van der Waals surface area contributed by atoms with Crippen LogP contribution in [0.3, 0.4) is 0 Å². The summed E-state index contributed by atoms with van der Waals surface area (Å²) < 4.78 is 41.1. The lowest BCUT2D eigenvalue weighted by Crippen LogP contribution is -2.43. The van der Waals surface area contributed by atoms with Crippen LogP contribution in [0.4, 0.5) is 10.1 Å². The van der Waals surface area contributed by atoms with Gasteiger partial charge in [-0.05, 0) is 93.8 Å².